The van der Waals surface area contributed by atoms with Gasteiger partial charge in [0.05, 0.1) is 32.7 Å². The SMILES string of the molecule is COc1cc(C(=O)N[C@@H](CCSC)C(=O)OCC(=O)N2CC(=O)Nc3ccccc32)cc(OC)c1OC. The molecule has 0 fully saturated rings. The highest BCUT2D eigenvalue weighted by atomic mass is 32.2. The second kappa shape index (κ2) is 12.9. The summed E-state index contributed by atoms with van der Waals surface area (Å²) in [5.41, 5.74) is 1.19. The van der Waals surface area contributed by atoms with E-state index < -0.39 is 30.4 Å². The van der Waals surface area contributed by atoms with Crippen LogP contribution in [0.2, 0.25) is 0 Å². The molecule has 1 aliphatic rings. The maximum absolute atomic E-state index is 13.0. The van der Waals surface area contributed by atoms with Crippen molar-refractivity contribution < 1.29 is 38.1 Å². The van der Waals surface area contributed by atoms with E-state index in [1.54, 1.807) is 24.3 Å². The van der Waals surface area contributed by atoms with Crippen LogP contribution in [0.25, 0.3) is 0 Å². The number of ether oxygens (including phenoxy) is 4. The van der Waals surface area contributed by atoms with Gasteiger partial charge in [-0.1, -0.05) is 12.1 Å². The molecular formula is C25H29N3O8S. The number of benzene rings is 2. The van der Waals surface area contributed by atoms with Crippen LogP contribution in [0, 0.1) is 0 Å². The van der Waals surface area contributed by atoms with Gasteiger partial charge < -0.3 is 29.6 Å². The van der Waals surface area contributed by atoms with Crippen molar-refractivity contribution in [2.45, 2.75) is 12.5 Å². The molecule has 0 unspecified atom stereocenters. The standard InChI is InChI=1S/C25H29N3O8S/c1-33-19-11-15(12-20(34-2)23(19)35-3)24(31)27-17(9-10-37-4)25(32)36-14-22(30)28-13-21(29)26-16-7-5-6-8-18(16)28/h5-8,11-12,17H,9-10,13-14H2,1-4H3,(H,26,29)(H,27,31)/t17-/m0/s1. The average molecular weight is 532 g/mol. The quantitative estimate of drug-likeness (QED) is 0.418. The van der Waals surface area contributed by atoms with Crippen molar-refractivity contribution in [2.75, 3.05) is 56.7 Å². The molecule has 0 saturated heterocycles. The lowest BCUT2D eigenvalue weighted by Crippen LogP contribution is -2.46. The summed E-state index contributed by atoms with van der Waals surface area (Å²) < 4.78 is 21.1. The molecule has 1 atom stereocenters. The number of methoxy groups -OCH3 is 3. The molecule has 1 heterocycles. The minimum absolute atomic E-state index is 0.184. The molecule has 11 nitrogen and oxygen atoms in total. The summed E-state index contributed by atoms with van der Waals surface area (Å²) in [4.78, 5) is 52.0. The predicted octanol–water partition coefficient (Wildman–Crippen LogP) is 2.09. The van der Waals surface area contributed by atoms with Crippen LogP contribution in [0.5, 0.6) is 17.2 Å². The number of hydrogen-bond acceptors (Lipinski definition) is 9. The molecule has 37 heavy (non-hydrogen) atoms. The molecule has 0 bridgehead atoms. The molecule has 0 radical (unpaired) electrons. The molecule has 2 N–H and O–H groups in total. The summed E-state index contributed by atoms with van der Waals surface area (Å²) in [6.45, 7) is -0.780. The van der Waals surface area contributed by atoms with Gasteiger partial charge in [-0.25, -0.2) is 4.79 Å². The lowest BCUT2D eigenvalue weighted by atomic mass is 10.1. The fourth-order valence-electron chi connectivity index (χ4n) is 3.71. The van der Waals surface area contributed by atoms with E-state index in [1.807, 2.05) is 6.26 Å². The first-order chi connectivity index (χ1) is 17.8. The van der Waals surface area contributed by atoms with E-state index >= 15 is 0 Å². The second-order valence-electron chi connectivity index (χ2n) is 7.87. The van der Waals surface area contributed by atoms with Gasteiger partial charge in [-0.2, -0.15) is 11.8 Å². The van der Waals surface area contributed by atoms with Crippen LogP contribution >= 0.6 is 11.8 Å². The predicted molar refractivity (Wildman–Crippen MR) is 139 cm³/mol. The van der Waals surface area contributed by atoms with E-state index in [0.717, 1.165) is 0 Å². The van der Waals surface area contributed by atoms with Crippen molar-refractivity contribution in [1.29, 1.82) is 0 Å². The molecule has 0 aliphatic carbocycles. The van der Waals surface area contributed by atoms with E-state index in [2.05, 4.69) is 10.6 Å². The number of fused-ring (bicyclic) bond motifs is 1. The number of para-hydroxylation sites is 2. The largest absolute Gasteiger partial charge is 0.493 e. The number of carbonyl (C=O) groups excluding carboxylic acids is 4. The molecule has 12 heteroatoms. The van der Waals surface area contributed by atoms with Gasteiger partial charge >= 0.3 is 5.97 Å². The zero-order valence-electron chi connectivity index (χ0n) is 21.0. The van der Waals surface area contributed by atoms with Crippen LogP contribution in [0.1, 0.15) is 16.8 Å². The molecule has 1 aliphatic heterocycles. The van der Waals surface area contributed by atoms with Gasteiger partial charge in [0.25, 0.3) is 11.8 Å². The van der Waals surface area contributed by atoms with Crippen molar-refractivity contribution in [1.82, 2.24) is 5.32 Å². The van der Waals surface area contributed by atoms with Gasteiger partial charge in [0, 0.05) is 5.56 Å². The minimum atomic E-state index is -1.01. The summed E-state index contributed by atoms with van der Waals surface area (Å²) in [5.74, 6) is -0.787. The first kappa shape index (κ1) is 27.7. The number of rotatable bonds is 11. The lowest BCUT2D eigenvalue weighted by Gasteiger charge is -2.29. The fourth-order valence-corrected chi connectivity index (χ4v) is 4.18. The Morgan fingerprint density at radius 1 is 1.08 bits per heavy atom. The molecular weight excluding hydrogens is 502 g/mol. The summed E-state index contributed by atoms with van der Waals surface area (Å²) in [7, 11) is 4.31. The van der Waals surface area contributed by atoms with Gasteiger partial charge in [0.15, 0.2) is 18.1 Å². The van der Waals surface area contributed by atoms with E-state index in [1.165, 1.54) is 50.1 Å². The Morgan fingerprint density at radius 2 is 1.76 bits per heavy atom. The van der Waals surface area contributed by atoms with Crippen molar-refractivity contribution >= 4 is 46.8 Å². The van der Waals surface area contributed by atoms with Crippen LogP contribution in [-0.2, 0) is 19.1 Å². The Morgan fingerprint density at radius 3 is 2.38 bits per heavy atom. The van der Waals surface area contributed by atoms with Crippen LogP contribution in [-0.4, -0.2) is 76.2 Å². The first-order valence-electron chi connectivity index (χ1n) is 11.3. The number of thioether (sulfide) groups is 1. The highest BCUT2D eigenvalue weighted by Gasteiger charge is 2.29. The van der Waals surface area contributed by atoms with Crippen molar-refractivity contribution in [3.63, 3.8) is 0 Å². The van der Waals surface area contributed by atoms with Gasteiger partial charge in [0.2, 0.25) is 11.7 Å². The highest BCUT2D eigenvalue weighted by molar-refractivity contribution is 7.98. The normalized spacial score (nSPS) is 13.1. The van der Waals surface area contributed by atoms with Crippen molar-refractivity contribution in [3.05, 3.63) is 42.0 Å². The third-order valence-corrected chi connectivity index (χ3v) is 6.18. The van der Waals surface area contributed by atoms with E-state index in [9.17, 15) is 19.2 Å². The van der Waals surface area contributed by atoms with Gasteiger partial charge in [-0.05, 0) is 42.7 Å². The van der Waals surface area contributed by atoms with E-state index in [-0.39, 0.29) is 35.9 Å². The monoisotopic (exact) mass is 531 g/mol. The third-order valence-electron chi connectivity index (χ3n) is 5.54. The smallest absolute Gasteiger partial charge is 0.329 e. The zero-order valence-corrected chi connectivity index (χ0v) is 21.8. The summed E-state index contributed by atoms with van der Waals surface area (Å²) >= 11 is 1.49. The van der Waals surface area contributed by atoms with Crippen LogP contribution in [0.15, 0.2) is 36.4 Å². The Kier molecular flexibility index (Phi) is 9.61. The number of anilines is 2. The highest BCUT2D eigenvalue weighted by Crippen LogP contribution is 2.38. The Bertz CT molecular complexity index is 1150. The topological polar surface area (TPSA) is 132 Å². The fraction of sp³-hybridized carbons (Fsp3) is 0.360. The Balaban J connectivity index is 1.71. The number of amides is 3. The maximum atomic E-state index is 13.0. The molecule has 2 aromatic rings. The average Bonchev–Trinajstić information content (AvgIpc) is 2.91. The summed E-state index contributed by atoms with van der Waals surface area (Å²) in [5, 5.41) is 5.36. The molecule has 198 valence electrons. The van der Waals surface area contributed by atoms with Gasteiger partial charge in [0.1, 0.15) is 12.6 Å². The zero-order chi connectivity index (χ0) is 26.9. The molecule has 0 spiro atoms. The number of nitrogens with one attached hydrogen (secondary N) is 2. The number of carbonyl (C=O) groups is 4. The number of hydrogen-bond donors (Lipinski definition) is 2. The summed E-state index contributed by atoms with van der Waals surface area (Å²) in [6.07, 6.45) is 2.14. The molecule has 0 aromatic heterocycles. The molecule has 0 saturated carbocycles. The van der Waals surface area contributed by atoms with Gasteiger partial charge in [-0.3, -0.25) is 19.3 Å². The summed E-state index contributed by atoms with van der Waals surface area (Å²) in [6, 6.07) is 8.76. The van der Waals surface area contributed by atoms with Crippen molar-refractivity contribution in [2.24, 2.45) is 0 Å². The maximum Gasteiger partial charge on any atom is 0.329 e. The molecule has 2 aromatic carbocycles. The van der Waals surface area contributed by atoms with Gasteiger partial charge in [-0.15, -0.1) is 0 Å². The van der Waals surface area contributed by atoms with E-state index in [4.69, 9.17) is 18.9 Å². The first-order valence-corrected chi connectivity index (χ1v) is 12.7. The van der Waals surface area contributed by atoms with Crippen LogP contribution < -0.4 is 29.7 Å². The number of nitrogens with zero attached hydrogens (tertiary/aromatic N) is 1. The Labute approximate surface area is 218 Å². The second-order valence-corrected chi connectivity index (χ2v) is 8.86. The molecule has 3 amide bonds. The lowest BCUT2D eigenvalue weighted by molar-refractivity contribution is -0.149. The number of esters is 1. The molecule has 3 rings (SSSR count). The van der Waals surface area contributed by atoms with Crippen LogP contribution in [0.4, 0.5) is 11.4 Å². The Hall–Kier alpha value is -3.93. The van der Waals surface area contributed by atoms with Crippen molar-refractivity contribution in [3.8, 4) is 17.2 Å². The minimum Gasteiger partial charge on any atom is -0.493 e. The van der Waals surface area contributed by atoms with E-state index in [0.29, 0.717) is 22.9 Å². The third kappa shape index (κ3) is 6.64. The van der Waals surface area contributed by atoms with Crippen LogP contribution in [0.3, 0.4) is 0 Å².